The molecule has 4 nitrogen and oxygen atoms in total. The number of hydrogen-bond acceptors (Lipinski definition) is 4. The third-order valence-corrected chi connectivity index (χ3v) is 3.27. The van der Waals surface area contributed by atoms with Gasteiger partial charge >= 0.3 is 0 Å². The maximum Gasteiger partial charge on any atom is 0.205 e. The van der Waals surface area contributed by atoms with E-state index in [0.29, 0.717) is 6.61 Å². The number of aromatic hydroxyl groups is 1. The minimum atomic E-state index is -0.206. The van der Waals surface area contributed by atoms with Crippen LogP contribution in [0.25, 0.3) is 0 Å². The van der Waals surface area contributed by atoms with E-state index in [9.17, 15) is 5.11 Å². The van der Waals surface area contributed by atoms with Crippen LogP contribution in [-0.4, -0.2) is 25.1 Å². The lowest BCUT2D eigenvalue weighted by Gasteiger charge is -2.33. The van der Waals surface area contributed by atoms with Gasteiger partial charge in [-0.3, -0.25) is 0 Å². The summed E-state index contributed by atoms with van der Waals surface area (Å²) in [6.07, 6.45) is 0.670. The van der Waals surface area contributed by atoms with Crippen LogP contribution in [0.3, 0.4) is 0 Å². The highest BCUT2D eigenvalue weighted by molar-refractivity contribution is 5.43. The zero-order chi connectivity index (χ0) is 11.1. The Morgan fingerprint density at radius 3 is 3.12 bits per heavy atom. The van der Waals surface area contributed by atoms with Gasteiger partial charge in [0.15, 0.2) is 0 Å². The molecule has 0 radical (unpaired) electrons. The van der Waals surface area contributed by atoms with Crippen molar-refractivity contribution in [2.24, 2.45) is 5.92 Å². The number of hydrogen-bond donors (Lipinski definition) is 1. The van der Waals surface area contributed by atoms with Crippen molar-refractivity contribution in [3.05, 3.63) is 23.8 Å². The molecule has 86 valence electrons. The minimum Gasteiger partial charge on any atom is -0.508 e. The molecular weight excluding hydrogens is 208 g/mol. The van der Waals surface area contributed by atoms with Gasteiger partial charge in [0.25, 0.3) is 0 Å². The molecule has 0 amide bonds. The van der Waals surface area contributed by atoms with Crippen LogP contribution in [0.1, 0.15) is 18.1 Å². The van der Waals surface area contributed by atoms with E-state index in [2.05, 4.69) is 0 Å². The molecule has 3 atom stereocenters. The Hall–Kier alpha value is -1.26. The molecule has 2 aliphatic rings. The van der Waals surface area contributed by atoms with Crippen LogP contribution < -0.4 is 4.74 Å². The van der Waals surface area contributed by atoms with Gasteiger partial charge in [-0.1, -0.05) is 0 Å². The Morgan fingerprint density at radius 2 is 2.31 bits per heavy atom. The molecule has 0 spiro atoms. The number of methoxy groups -OCH3 is 1. The van der Waals surface area contributed by atoms with Gasteiger partial charge in [-0.25, -0.2) is 0 Å². The molecular formula is C12H14O4. The van der Waals surface area contributed by atoms with Gasteiger partial charge in [-0.15, -0.1) is 0 Å². The average molecular weight is 222 g/mol. The fourth-order valence-corrected chi connectivity index (χ4v) is 2.52. The Balaban J connectivity index is 2.05. The van der Waals surface area contributed by atoms with Gasteiger partial charge in [0.2, 0.25) is 6.29 Å². The number of rotatable bonds is 1. The molecule has 2 heterocycles. The maximum atomic E-state index is 9.50. The number of phenols is 1. The van der Waals surface area contributed by atoms with Crippen LogP contribution in [0, 0.1) is 5.92 Å². The van der Waals surface area contributed by atoms with Crippen molar-refractivity contribution in [1.29, 1.82) is 0 Å². The van der Waals surface area contributed by atoms with E-state index < -0.39 is 0 Å². The van der Waals surface area contributed by atoms with Crippen molar-refractivity contribution in [3.63, 3.8) is 0 Å². The minimum absolute atomic E-state index is 0.0525. The molecule has 4 heteroatoms. The normalized spacial score (nSPS) is 31.7. The largest absolute Gasteiger partial charge is 0.508 e. The van der Waals surface area contributed by atoms with E-state index in [1.165, 1.54) is 0 Å². The summed E-state index contributed by atoms with van der Waals surface area (Å²) in [5, 5.41) is 9.50. The summed E-state index contributed by atoms with van der Waals surface area (Å²) in [5.74, 6) is 1.20. The van der Waals surface area contributed by atoms with Crippen molar-refractivity contribution in [3.8, 4) is 11.5 Å². The van der Waals surface area contributed by atoms with Crippen LogP contribution in [0.15, 0.2) is 18.2 Å². The first-order valence-electron chi connectivity index (χ1n) is 5.43. The first-order valence-corrected chi connectivity index (χ1v) is 5.43. The molecule has 0 aliphatic carbocycles. The number of phenolic OH excluding ortho intramolecular Hbond substituents is 1. The standard InChI is InChI=1S/C12H14O4/c1-14-11-8-4-5-15-12(8)16-10-3-2-7(13)6-9(10)11/h2-3,6,8,11-13H,4-5H2,1H3/t8-,11-,12+/m0/s1. The molecule has 1 N–H and O–H groups in total. The van der Waals surface area contributed by atoms with E-state index in [0.717, 1.165) is 17.7 Å². The van der Waals surface area contributed by atoms with Gasteiger partial charge in [-0.2, -0.15) is 0 Å². The Kier molecular flexibility index (Phi) is 2.26. The van der Waals surface area contributed by atoms with Crippen LogP contribution >= 0.6 is 0 Å². The van der Waals surface area contributed by atoms with Crippen molar-refractivity contribution in [2.75, 3.05) is 13.7 Å². The molecule has 0 aromatic heterocycles. The van der Waals surface area contributed by atoms with E-state index in [1.54, 1.807) is 25.3 Å². The topological polar surface area (TPSA) is 47.9 Å². The van der Waals surface area contributed by atoms with E-state index in [4.69, 9.17) is 14.2 Å². The Labute approximate surface area is 93.7 Å². The van der Waals surface area contributed by atoms with Crippen LogP contribution in [0.5, 0.6) is 11.5 Å². The van der Waals surface area contributed by atoms with Crippen LogP contribution in [0.4, 0.5) is 0 Å². The number of fused-ring (bicyclic) bond motifs is 2. The van der Waals surface area contributed by atoms with Gasteiger partial charge in [0, 0.05) is 12.7 Å². The summed E-state index contributed by atoms with van der Waals surface area (Å²) in [6, 6.07) is 5.08. The first-order chi connectivity index (χ1) is 7.79. The van der Waals surface area contributed by atoms with E-state index in [1.807, 2.05) is 0 Å². The van der Waals surface area contributed by atoms with Gasteiger partial charge in [0.1, 0.15) is 11.5 Å². The SMILES string of the molecule is CO[C@@H]1c2cc(O)ccc2O[C@H]2OCC[C@H]21. The summed E-state index contributed by atoms with van der Waals surface area (Å²) in [4.78, 5) is 0. The maximum absolute atomic E-state index is 9.50. The fraction of sp³-hybridized carbons (Fsp3) is 0.500. The third-order valence-electron chi connectivity index (χ3n) is 3.27. The second kappa shape index (κ2) is 3.64. The van der Waals surface area contributed by atoms with Gasteiger partial charge in [0.05, 0.1) is 18.6 Å². The molecule has 0 unspecified atom stereocenters. The smallest absolute Gasteiger partial charge is 0.205 e. The van der Waals surface area contributed by atoms with Crippen molar-refractivity contribution in [1.82, 2.24) is 0 Å². The second-order valence-electron chi connectivity index (χ2n) is 4.19. The molecule has 0 saturated carbocycles. The lowest BCUT2D eigenvalue weighted by atomic mass is 9.91. The first kappa shape index (κ1) is 9.93. The highest BCUT2D eigenvalue weighted by atomic mass is 16.7. The van der Waals surface area contributed by atoms with Gasteiger partial charge < -0.3 is 19.3 Å². The summed E-state index contributed by atoms with van der Waals surface area (Å²) in [6.45, 7) is 0.704. The van der Waals surface area contributed by atoms with Crippen molar-refractivity contribution in [2.45, 2.75) is 18.8 Å². The number of ether oxygens (including phenoxy) is 3. The number of benzene rings is 1. The molecule has 2 aliphatic heterocycles. The Bertz CT molecular complexity index is 404. The lowest BCUT2D eigenvalue weighted by Crippen LogP contribution is -2.33. The second-order valence-corrected chi connectivity index (χ2v) is 4.19. The third kappa shape index (κ3) is 1.37. The zero-order valence-corrected chi connectivity index (χ0v) is 9.05. The Morgan fingerprint density at radius 1 is 1.44 bits per heavy atom. The summed E-state index contributed by atoms with van der Waals surface area (Å²) >= 11 is 0. The van der Waals surface area contributed by atoms with Gasteiger partial charge in [-0.05, 0) is 24.6 Å². The lowest BCUT2D eigenvalue weighted by molar-refractivity contribution is -0.112. The summed E-state index contributed by atoms with van der Waals surface area (Å²) in [7, 11) is 1.68. The predicted octanol–water partition coefficient (Wildman–Crippen LogP) is 1.83. The van der Waals surface area contributed by atoms with Crippen molar-refractivity contribution >= 4 is 0 Å². The molecule has 16 heavy (non-hydrogen) atoms. The summed E-state index contributed by atoms with van der Waals surface area (Å²) in [5.41, 5.74) is 0.911. The molecule has 0 bridgehead atoms. The molecule has 3 rings (SSSR count). The quantitative estimate of drug-likeness (QED) is 0.787. The van der Waals surface area contributed by atoms with E-state index >= 15 is 0 Å². The highest BCUT2D eigenvalue weighted by Gasteiger charge is 2.42. The highest BCUT2D eigenvalue weighted by Crippen LogP contribution is 2.45. The molecule has 1 fully saturated rings. The van der Waals surface area contributed by atoms with E-state index in [-0.39, 0.29) is 24.1 Å². The zero-order valence-electron chi connectivity index (χ0n) is 9.05. The van der Waals surface area contributed by atoms with Crippen LogP contribution in [0.2, 0.25) is 0 Å². The average Bonchev–Trinajstić information content (AvgIpc) is 2.73. The van der Waals surface area contributed by atoms with Crippen LogP contribution in [-0.2, 0) is 9.47 Å². The monoisotopic (exact) mass is 222 g/mol. The summed E-state index contributed by atoms with van der Waals surface area (Å²) < 4.78 is 16.8. The fourth-order valence-electron chi connectivity index (χ4n) is 2.52. The molecule has 1 aromatic carbocycles. The molecule has 1 aromatic rings. The van der Waals surface area contributed by atoms with Crippen molar-refractivity contribution < 1.29 is 19.3 Å². The molecule has 1 saturated heterocycles. The predicted molar refractivity (Wildman–Crippen MR) is 56.3 cm³/mol.